The van der Waals surface area contributed by atoms with Crippen molar-refractivity contribution in [3.05, 3.63) is 144 Å². The van der Waals surface area contributed by atoms with Gasteiger partial charge in [0.1, 0.15) is 17.3 Å². The predicted octanol–water partition coefficient (Wildman–Crippen LogP) is 12.3. The van der Waals surface area contributed by atoms with E-state index in [-0.39, 0.29) is 5.41 Å². The number of fused-ring (bicyclic) bond motifs is 4. The molecule has 6 nitrogen and oxygen atoms in total. The second kappa shape index (κ2) is 15.3. The number of aromatic nitrogens is 5. The van der Waals surface area contributed by atoms with Crippen molar-refractivity contribution in [3.8, 4) is 28.8 Å². The van der Waals surface area contributed by atoms with Gasteiger partial charge in [0.05, 0.1) is 27.8 Å². The van der Waals surface area contributed by atoms with Gasteiger partial charge in [-0.05, 0) is 102 Å². The van der Waals surface area contributed by atoms with Crippen molar-refractivity contribution >= 4 is 32.8 Å². The van der Waals surface area contributed by atoms with Crippen LogP contribution in [-0.2, 0) is 24.5 Å². The van der Waals surface area contributed by atoms with Crippen molar-refractivity contribution in [1.82, 2.24) is 19.1 Å². The summed E-state index contributed by atoms with van der Waals surface area (Å²) in [5.74, 6) is 0.0155. The summed E-state index contributed by atoms with van der Waals surface area (Å²) in [5, 5.41) is 2.15. The molecule has 0 saturated heterocycles. The molecule has 0 N–H and O–H groups in total. The van der Waals surface area contributed by atoms with E-state index in [4.69, 9.17) is 24.3 Å². The van der Waals surface area contributed by atoms with Crippen LogP contribution < -0.4 is 9.30 Å². The lowest BCUT2D eigenvalue weighted by molar-refractivity contribution is -0.572. The minimum absolute atomic E-state index is 0.0725. The molecule has 8 aromatic rings. The normalized spacial score (nSPS) is 15.0. The van der Waals surface area contributed by atoms with Crippen LogP contribution in [0, 0.1) is 24.1 Å². The van der Waals surface area contributed by atoms with Crippen molar-refractivity contribution in [1.29, 1.82) is 0 Å². The second-order valence-electron chi connectivity index (χ2n) is 16.6. The first-order valence-electron chi connectivity index (χ1n) is 23.2. The second-order valence-corrected chi connectivity index (χ2v) is 16.6. The Balaban J connectivity index is 1.28. The Morgan fingerprint density at radius 2 is 1.35 bits per heavy atom. The number of pyridine rings is 2. The van der Waals surface area contributed by atoms with Gasteiger partial charge in [0.25, 0.3) is 6.33 Å². The highest BCUT2D eigenvalue weighted by molar-refractivity contribution is 6.09. The number of hydrogen-bond donors (Lipinski definition) is 0. The van der Waals surface area contributed by atoms with Crippen LogP contribution in [0.4, 0.5) is 0 Å². The number of hydrogen-bond acceptors (Lipinski definition) is 3. The summed E-state index contributed by atoms with van der Waals surface area (Å²) in [6.07, 6.45) is 1.30. The molecule has 57 heavy (non-hydrogen) atoms. The summed E-state index contributed by atoms with van der Waals surface area (Å²) in [6.45, 7) is 16.9. The zero-order chi connectivity index (χ0) is 46.3. The van der Waals surface area contributed by atoms with Crippen molar-refractivity contribution in [2.24, 2.45) is 17.7 Å². The number of para-hydroxylation sites is 1. The van der Waals surface area contributed by atoms with Gasteiger partial charge in [0.2, 0.25) is 0 Å². The standard InChI is InChI=1S/C51H55N5O/c1-33(2)22-36-14-17-46-48(28-36)55(32-54(46)40-26-37(23-34(3)4)25-38(27-40)24-35(5)6)49-31-42(19-21-52-49)57-41-15-16-44-43-12-10-11-13-45(43)56(47(44)30-41)50-29-39(18-20-53-50)51(7,8)9/h10-21,25-31,33-35H,22-24H2,1-9H3/i22D2,23D2,24D2,33D. The van der Waals surface area contributed by atoms with Gasteiger partial charge in [-0.1, -0.05) is 115 Å². The third-order valence-electron chi connectivity index (χ3n) is 9.81. The molecule has 0 aliphatic rings. The van der Waals surface area contributed by atoms with Crippen molar-refractivity contribution in [3.63, 3.8) is 0 Å². The maximum atomic E-state index is 9.05. The summed E-state index contributed by atoms with van der Waals surface area (Å²) in [6, 6.07) is 32.3. The first-order chi connectivity index (χ1) is 29.9. The summed E-state index contributed by atoms with van der Waals surface area (Å²) < 4.78 is 75.1. The minimum atomic E-state index is -2.04. The number of ether oxygens (including phenoxy) is 1. The maximum Gasteiger partial charge on any atom is 0.271 e. The molecule has 6 heteroatoms. The summed E-state index contributed by atoms with van der Waals surface area (Å²) in [5.41, 5.74) is 5.63. The molecule has 0 fully saturated rings. The molecule has 0 aliphatic carbocycles. The third kappa shape index (κ3) is 7.96. The van der Waals surface area contributed by atoms with Gasteiger partial charge >= 0.3 is 0 Å². The molecule has 0 aliphatic heterocycles. The molecular formula is C51H55N5O. The van der Waals surface area contributed by atoms with Crippen LogP contribution in [0.1, 0.15) is 94.2 Å². The molecule has 4 aromatic carbocycles. The van der Waals surface area contributed by atoms with E-state index in [1.54, 1.807) is 105 Å². The fourth-order valence-electron chi connectivity index (χ4n) is 7.40. The van der Waals surface area contributed by atoms with E-state index in [9.17, 15) is 0 Å². The van der Waals surface area contributed by atoms with Crippen molar-refractivity contribution in [2.45, 2.75) is 86.8 Å². The summed E-state index contributed by atoms with van der Waals surface area (Å²) in [7, 11) is 0. The molecule has 0 radical (unpaired) electrons. The fraction of sp³-hybridized carbons (Fsp3) is 0.314. The van der Waals surface area contributed by atoms with E-state index >= 15 is 0 Å². The number of imidazole rings is 1. The average Bonchev–Trinajstić information content (AvgIpc) is 3.78. The molecule has 0 atom stereocenters. The smallest absolute Gasteiger partial charge is 0.271 e. The van der Waals surface area contributed by atoms with E-state index in [1.807, 2.05) is 30.5 Å². The zero-order valence-corrected chi connectivity index (χ0v) is 34.3. The maximum absolute atomic E-state index is 9.05. The first kappa shape index (κ1) is 30.4. The Hall–Kier alpha value is -5.75. The molecule has 290 valence electrons. The highest BCUT2D eigenvalue weighted by atomic mass is 16.5. The van der Waals surface area contributed by atoms with Crippen molar-refractivity contribution in [2.75, 3.05) is 0 Å². The van der Waals surface area contributed by atoms with Gasteiger partial charge in [-0.3, -0.25) is 18.7 Å². The molecule has 8 rings (SSSR count). The van der Waals surface area contributed by atoms with E-state index < -0.39 is 36.8 Å². The molecule has 0 saturated carbocycles. The van der Waals surface area contributed by atoms with Gasteiger partial charge in [-0.15, -0.1) is 0 Å². The Bertz CT molecular complexity index is 3020. The number of benzene rings is 4. The van der Waals surface area contributed by atoms with Gasteiger partial charge < -0.3 is 4.74 Å². The lowest BCUT2D eigenvalue weighted by Gasteiger charge is -2.20. The van der Waals surface area contributed by atoms with E-state index in [0.29, 0.717) is 50.7 Å². The van der Waals surface area contributed by atoms with Crippen molar-refractivity contribution < 1.29 is 18.9 Å². The molecule has 0 amide bonds. The Morgan fingerprint density at radius 3 is 2.07 bits per heavy atom. The highest BCUT2D eigenvalue weighted by Crippen LogP contribution is 2.36. The van der Waals surface area contributed by atoms with E-state index in [0.717, 1.165) is 27.6 Å². The summed E-state index contributed by atoms with van der Waals surface area (Å²) >= 11 is 0. The first-order valence-corrected chi connectivity index (χ1v) is 19.7. The van der Waals surface area contributed by atoms with Crippen LogP contribution in [0.2, 0.25) is 0 Å². The molecule has 0 spiro atoms. The highest BCUT2D eigenvalue weighted by Gasteiger charge is 2.20. The monoisotopic (exact) mass is 760 g/mol. The van der Waals surface area contributed by atoms with Crippen LogP contribution >= 0.6 is 0 Å². The van der Waals surface area contributed by atoms with Gasteiger partial charge in [0, 0.05) is 44.9 Å². The minimum Gasteiger partial charge on any atom is -0.458 e. The molecule has 4 heterocycles. The van der Waals surface area contributed by atoms with Crippen LogP contribution in [0.5, 0.6) is 11.5 Å². The molecule has 0 bridgehead atoms. The van der Waals surface area contributed by atoms with Crippen LogP contribution in [0.3, 0.4) is 0 Å². The van der Waals surface area contributed by atoms with Gasteiger partial charge in [0.15, 0.2) is 5.82 Å². The molecule has 4 aromatic heterocycles. The van der Waals surface area contributed by atoms with Gasteiger partial charge in [-0.2, -0.15) is 0 Å². The number of rotatable bonds is 11. The molecular weight excluding hydrogens is 699 g/mol. The number of nitrogens with zero attached hydrogens (tertiary/aromatic N) is 5. The Labute approximate surface area is 347 Å². The van der Waals surface area contributed by atoms with E-state index in [1.165, 1.54) is 5.56 Å². The van der Waals surface area contributed by atoms with Crippen LogP contribution in [0.25, 0.3) is 50.2 Å². The predicted molar refractivity (Wildman–Crippen MR) is 234 cm³/mol. The Morgan fingerprint density at radius 1 is 0.667 bits per heavy atom. The Kier molecular flexibility index (Phi) is 8.16. The third-order valence-corrected chi connectivity index (χ3v) is 9.81. The fourth-order valence-corrected chi connectivity index (χ4v) is 7.40. The van der Waals surface area contributed by atoms with Gasteiger partial charge in [-0.25, -0.2) is 4.98 Å². The largest absolute Gasteiger partial charge is 0.458 e. The molecule has 0 unspecified atom stereocenters. The van der Waals surface area contributed by atoms with E-state index in [2.05, 4.69) is 62.0 Å². The topological polar surface area (TPSA) is 48.8 Å². The lowest BCUT2D eigenvalue weighted by atomic mass is 9.88. The quantitative estimate of drug-likeness (QED) is 0.0974. The van der Waals surface area contributed by atoms with Crippen LogP contribution in [-0.4, -0.2) is 19.1 Å². The summed E-state index contributed by atoms with van der Waals surface area (Å²) in [4.78, 5) is 9.57. The zero-order valence-electron chi connectivity index (χ0n) is 41.3. The average molecular weight is 761 g/mol. The SMILES string of the molecule is [2H]C([2H])(c1cc(-[n+]2[c-]n(-c3cc(Oc4ccc5c6ccccc6n(-c6cc(C(C)(C)C)ccn6)c5c4)ccn3)c3cc(C([2H])([2H])C([2H])(C)C)ccc32)cc(C([2H])([2H])C(C)C)c1)C(C)C. The van der Waals surface area contributed by atoms with Crippen LogP contribution in [0.15, 0.2) is 116 Å². The lowest BCUT2D eigenvalue weighted by Crippen LogP contribution is -2.30.